The number of hydrogen-bond acceptors (Lipinski definition) is 4. The first-order chi connectivity index (χ1) is 15.7. The summed E-state index contributed by atoms with van der Waals surface area (Å²) in [5.41, 5.74) is -1.01. The first-order valence-corrected chi connectivity index (χ1v) is 10.2. The number of aromatic nitrogens is 1. The van der Waals surface area contributed by atoms with Crippen molar-refractivity contribution in [3.8, 4) is 0 Å². The molecule has 0 spiro atoms. The summed E-state index contributed by atoms with van der Waals surface area (Å²) in [6.07, 6.45) is 0.272. The third-order valence-corrected chi connectivity index (χ3v) is 5.23. The molecule has 1 aliphatic carbocycles. The quantitative estimate of drug-likeness (QED) is 0.563. The van der Waals surface area contributed by atoms with Crippen molar-refractivity contribution >= 4 is 11.8 Å². The average Bonchev–Trinajstić information content (AvgIpc) is 3.50. The molecule has 1 saturated carbocycles. The number of nitrogens with zero attached hydrogens (tertiary/aromatic N) is 1. The first-order valence-electron chi connectivity index (χ1n) is 10.2. The normalized spacial score (nSPS) is 14.5. The Bertz CT molecular complexity index is 1200. The van der Waals surface area contributed by atoms with Gasteiger partial charge in [0.05, 0.1) is 6.26 Å². The highest BCUT2D eigenvalue weighted by Crippen LogP contribution is 2.35. The van der Waals surface area contributed by atoms with Gasteiger partial charge in [0.25, 0.3) is 11.8 Å². The molecule has 1 aliphatic rings. The predicted molar refractivity (Wildman–Crippen MR) is 112 cm³/mol. The number of rotatable bonds is 7. The van der Waals surface area contributed by atoms with Crippen LogP contribution in [0.15, 0.2) is 70.3 Å². The number of amides is 2. The van der Waals surface area contributed by atoms with Crippen molar-refractivity contribution in [2.24, 2.45) is 0 Å². The number of nitrogens with one attached hydrogen (secondary N) is 2. The number of halogens is 3. The van der Waals surface area contributed by atoms with E-state index in [9.17, 15) is 27.6 Å². The average molecular weight is 459 g/mol. The van der Waals surface area contributed by atoms with Gasteiger partial charge in [-0.25, -0.2) is 0 Å². The van der Waals surface area contributed by atoms with Gasteiger partial charge in [0.2, 0.25) is 5.43 Å². The molecule has 0 unspecified atom stereocenters. The molecule has 0 aliphatic heterocycles. The summed E-state index contributed by atoms with van der Waals surface area (Å²) >= 11 is 0. The lowest BCUT2D eigenvalue weighted by molar-refractivity contribution is -0.159. The molecule has 3 aromatic rings. The summed E-state index contributed by atoms with van der Waals surface area (Å²) in [5, 5.41) is 4.44. The molecular weight excluding hydrogens is 439 g/mol. The van der Waals surface area contributed by atoms with E-state index in [0.717, 1.165) is 30.7 Å². The zero-order valence-electron chi connectivity index (χ0n) is 17.3. The van der Waals surface area contributed by atoms with Crippen molar-refractivity contribution in [1.82, 2.24) is 15.2 Å². The Morgan fingerprint density at radius 1 is 1.03 bits per heavy atom. The monoisotopic (exact) mass is 459 g/mol. The minimum Gasteiger partial charge on any atom is -0.467 e. The minimum atomic E-state index is -4.85. The predicted octanol–water partition coefficient (Wildman–Crippen LogP) is 3.74. The van der Waals surface area contributed by atoms with Crippen LogP contribution in [0.5, 0.6) is 0 Å². The topological polar surface area (TPSA) is 93.3 Å². The smallest absolute Gasteiger partial charge is 0.415 e. The number of alkyl halides is 3. The molecule has 33 heavy (non-hydrogen) atoms. The lowest BCUT2D eigenvalue weighted by atomic mass is 10.1. The SMILES string of the molecule is O=C(NCc1ccccc1)c1cn(C2CC2)cc(C(=O)N[C@@H](c2ccco2)C(F)(F)F)c1=O. The van der Waals surface area contributed by atoms with Gasteiger partial charge in [-0.05, 0) is 30.5 Å². The van der Waals surface area contributed by atoms with Crippen molar-refractivity contribution in [1.29, 1.82) is 0 Å². The molecule has 1 aromatic carbocycles. The van der Waals surface area contributed by atoms with Crippen molar-refractivity contribution in [3.05, 3.63) is 93.8 Å². The van der Waals surface area contributed by atoms with Gasteiger partial charge in [-0.3, -0.25) is 14.4 Å². The van der Waals surface area contributed by atoms with Crippen molar-refractivity contribution < 1.29 is 27.2 Å². The van der Waals surface area contributed by atoms with E-state index in [0.29, 0.717) is 0 Å². The third-order valence-electron chi connectivity index (χ3n) is 5.23. The Kier molecular flexibility index (Phi) is 6.08. The van der Waals surface area contributed by atoms with Gasteiger partial charge in [-0.2, -0.15) is 13.2 Å². The number of benzene rings is 1. The number of pyridine rings is 1. The van der Waals surface area contributed by atoms with E-state index in [1.807, 2.05) is 11.4 Å². The number of carbonyl (C=O) groups is 2. The molecular formula is C23H20F3N3O4. The van der Waals surface area contributed by atoms with E-state index < -0.39 is 40.8 Å². The van der Waals surface area contributed by atoms with E-state index in [-0.39, 0.29) is 18.2 Å². The zero-order valence-corrected chi connectivity index (χ0v) is 17.3. The minimum absolute atomic E-state index is 0.0266. The van der Waals surface area contributed by atoms with Crippen LogP contribution in [-0.4, -0.2) is 22.6 Å². The van der Waals surface area contributed by atoms with Crippen LogP contribution >= 0.6 is 0 Å². The summed E-state index contributed by atoms with van der Waals surface area (Å²) in [7, 11) is 0. The van der Waals surface area contributed by atoms with E-state index in [1.54, 1.807) is 24.3 Å². The Morgan fingerprint density at radius 2 is 1.70 bits per heavy atom. The summed E-state index contributed by atoms with van der Waals surface area (Å²) in [6.45, 7) is 0.146. The van der Waals surface area contributed by atoms with Gasteiger partial charge in [0.1, 0.15) is 16.9 Å². The second-order valence-corrected chi connectivity index (χ2v) is 7.72. The second kappa shape index (κ2) is 8.97. The zero-order chi connectivity index (χ0) is 23.6. The molecule has 2 aromatic heterocycles. The molecule has 1 atom stereocenters. The molecule has 7 nitrogen and oxygen atoms in total. The molecule has 0 saturated heterocycles. The van der Waals surface area contributed by atoms with Crippen molar-refractivity contribution in [2.45, 2.75) is 37.6 Å². The fourth-order valence-corrected chi connectivity index (χ4v) is 3.36. The molecule has 4 rings (SSSR count). The van der Waals surface area contributed by atoms with Crippen LogP contribution in [0.4, 0.5) is 13.2 Å². The third kappa shape index (κ3) is 5.16. The maximum Gasteiger partial charge on any atom is 0.415 e. The molecule has 172 valence electrons. The van der Waals surface area contributed by atoms with E-state index in [2.05, 4.69) is 5.32 Å². The molecule has 2 heterocycles. The number of hydrogen-bond donors (Lipinski definition) is 2. The van der Waals surface area contributed by atoms with Gasteiger partial charge < -0.3 is 19.6 Å². The molecule has 0 bridgehead atoms. The fourth-order valence-electron chi connectivity index (χ4n) is 3.36. The van der Waals surface area contributed by atoms with Crippen LogP contribution < -0.4 is 16.1 Å². The van der Waals surface area contributed by atoms with E-state index in [1.165, 1.54) is 23.0 Å². The van der Waals surface area contributed by atoms with Gasteiger partial charge in [0, 0.05) is 25.0 Å². The Morgan fingerprint density at radius 3 is 2.27 bits per heavy atom. The highest BCUT2D eigenvalue weighted by molar-refractivity contribution is 5.99. The Hall–Kier alpha value is -3.82. The highest BCUT2D eigenvalue weighted by atomic mass is 19.4. The Labute approximate surface area is 186 Å². The lowest BCUT2D eigenvalue weighted by Crippen LogP contribution is -2.41. The summed E-state index contributed by atoms with van der Waals surface area (Å²) < 4.78 is 46.9. The van der Waals surface area contributed by atoms with E-state index >= 15 is 0 Å². The molecule has 2 N–H and O–H groups in total. The van der Waals surface area contributed by atoms with Gasteiger partial charge in [-0.1, -0.05) is 30.3 Å². The van der Waals surface area contributed by atoms with Crippen molar-refractivity contribution in [2.75, 3.05) is 0 Å². The fraction of sp³-hybridized carbons (Fsp3) is 0.261. The largest absolute Gasteiger partial charge is 0.467 e. The lowest BCUT2D eigenvalue weighted by Gasteiger charge is -2.20. The second-order valence-electron chi connectivity index (χ2n) is 7.72. The first kappa shape index (κ1) is 22.4. The van der Waals surface area contributed by atoms with E-state index in [4.69, 9.17) is 4.42 Å². The van der Waals surface area contributed by atoms with Crippen LogP contribution in [0.1, 0.15) is 57.0 Å². The van der Waals surface area contributed by atoms with Gasteiger partial charge in [-0.15, -0.1) is 0 Å². The van der Waals surface area contributed by atoms with Gasteiger partial charge >= 0.3 is 6.18 Å². The van der Waals surface area contributed by atoms with Crippen LogP contribution in [0, 0.1) is 0 Å². The highest BCUT2D eigenvalue weighted by Gasteiger charge is 2.44. The number of carbonyl (C=O) groups excluding carboxylic acids is 2. The molecule has 0 radical (unpaired) electrons. The van der Waals surface area contributed by atoms with Gasteiger partial charge in [0.15, 0.2) is 6.04 Å². The van der Waals surface area contributed by atoms with Crippen LogP contribution in [-0.2, 0) is 6.54 Å². The van der Waals surface area contributed by atoms with Crippen molar-refractivity contribution in [3.63, 3.8) is 0 Å². The summed E-state index contributed by atoms with van der Waals surface area (Å²) in [6, 6.07) is 8.86. The van der Waals surface area contributed by atoms with Crippen LogP contribution in [0.25, 0.3) is 0 Å². The Balaban J connectivity index is 1.62. The standard InChI is InChI=1S/C23H20F3N3O4/c24-23(25,26)20(18-7-4-10-33-18)28-22(32)17-13-29(15-8-9-15)12-16(19(17)30)21(31)27-11-14-5-2-1-3-6-14/h1-7,10,12-13,15,20H,8-9,11H2,(H,27,31)(H,28,32)/t20-/m0/s1. The maximum atomic E-state index is 13.5. The summed E-state index contributed by atoms with van der Waals surface area (Å²) in [4.78, 5) is 38.4. The molecule has 2 amide bonds. The summed E-state index contributed by atoms with van der Waals surface area (Å²) in [5.74, 6) is -2.48. The van der Waals surface area contributed by atoms with Crippen LogP contribution in [0.3, 0.4) is 0 Å². The van der Waals surface area contributed by atoms with Crippen LogP contribution in [0.2, 0.25) is 0 Å². The number of furan rings is 1. The molecule has 10 heteroatoms. The molecule has 1 fully saturated rings. The maximum absolute atomic E-state index is 13.5.